The first kappa shape index (κ1) is 22.0. The minimum Gasteiger partial charge on any atom is -0.464 e. The quantitative estimate of drug-likeness (QED) is 0.534. The fourth-order valence-corrected chi connectivity index (χ4v) is 6.23. The molecule has 1 spiro atoms. The summed E-state index contributed by atoms with van der Waals surface area (Å²) in [5.74, 6) is -0.864. The number of carbonyl (C=O) groups excluding carboxylic acids is 2. The molecule has 3 rings (SSSR count). The van der Waals surface area contributed by atoms with Crippen molar-refractivity contribution in [2.24, 2.45) is 5.10 Å². The lowest BCUT2D eigenvalue weighted by atomic mass is 10.2. The van der Waals surface area contributed by atoms with E-state index in [-0.39, 0.29) is 11.0 Å². The molecule has 0 aliphatic carbocycles. The Balaban J connectivity index is 2.07. The second kappa shape index (κ2) is 9.01. The lowest BCUT2D eigenvalue weighted by molar-refractivity contribution is -0.137. The Morgan fingerprint density at radius 1 is 1.17 bits per heavy atom. The molecular weight excluding hydrogens is 478 g/mol. The SMILES string of the molecule is CCCC1=C(C(=O)OCC)S[C@@]2(SC(C(=O)OC)=NN2c2ccc(Br)cc2)N1C. The molecule has 7 nitrogen and oxygen atoms in total. The molecule has 0 unspecified atom stereocenters. The van der Waals surface area contributed by atoms with Crippen LogP contribution in [0.15, 0.2) is 44.4 Å². The van der Waals surface area contributed by atoms with E-state index in [1.165, 1.54) is 30.6 Å². The minimum atomic E-state index is -0.857. The molecule has 2 aliphatic heterocycles. The van der Waals surface area contributed by atoms with Crippen LogP contribution in [0.5, 0.6) is 0 Å². The molecule has 29 heavy (non-hydrogen) atoms. The van der Waals surface area contributed by atoms with Crippen molar-refractivity contribution in [2.45, 2.75) is 31.0 Å². The van der Waals surface area contributed by atoms with Gasteiger partial charge < -0.3 is 14.4 Å². The molecule has 156 valence electrons. The van der Waals surface area contributed by atoms with Gasteiger partial charge >= 0.3 is 11.9 Å². The van der Waals surface area contributed by atoms with Crippen molar-refractivity contribution in [3.8, 4) is 0 Å². The van der Waals surface area contributed by atoms with Crippen molar-refractivity contribution >= 4 is 62.1 Å². The van der Waals surface area contributed by atoms with Gasteiger partial charge in [0.1, 0.15) is 4.91 Å². The molecule has 0 amide bonds. The molecule has 0 radical (unpaired) electrons. The van der Waals surface area contributed by atoms with Crippen LogP contribution >= 0.6 is 39.5 Å². The van der Waals surface area contributed by atoms with Gasteiger partial charge in [-0.1, -0.05) is 41.0 Å². The average Bonchev–Trinajstić information content (AvgIpc) is 3.23. The number of anilines is 1. The van der Waals surface area contributed by atoms with E-state index in [1.807, 2.05) is 36.2 Å². The number of hydrazone groups is 1. The van der Waals surface area contributed by atoms with Crippen LogP contribution in [0, 0.1) is 0 Å². The van der Waals surface area contributed by atoms with Crippen molar-refractivity contribution in [2.75, 3.05) is 25.8 Å². The zero-order chi connectivity index (χ0) is 21.2. The summed E-state index contributed by atoms with van der Waals surface area (Å²) in [7, 11) is 3.25. The summed E-state index contributed by atoms with van der Waals surface area (Å²) in [5.41, 5.74) is 1.67. The Bertz CT molecular complexity index is 875. The van der Waals surface area contributed by atoms with Crippen LogP contribution in [0.3, 0.4) is 0 Å². The molecule has 1 aromatic carbocycles. The molecular formula is C19H22BrN3O4S2. The third-order valence-electron chi connectivity index (χ3n) is 4.39. The van der Waals surface area contributed by atoms with Crippen molar-refractivity contribution in [3.63, 3.8) is 0 Å². The highest BCUT2D eigenvalue weighted by Gasteiger charge is 2.57. The summed E-state index contributed by atoms with van der Waals surface area (Å²) in [5, 5.41) is 6.56. The van der Waals surface area contributed by atoms with Gasteiger partial charge in [0, 0.05) is 17.2 Å². The van der Waals surface area contributed by atoms with Gasteiger partial charge in [-0.05, 0) is 49.4 Å². The molecule has 0 N–H and O–H groups in total. The van der Waals surface area contributed by atoms with Gasteiger partial charge in [-0.2, -0.15) is 5.10 Å². The number of allylic oxidation sites excluding steroid dienone is 1. The van der Waals surface area contributed by atoms with Crippen molar-refractivity contribution < 1.29 is 19.1 Å². The Hall–Kier alpha value is -1.65. The topological polar surface area (TPSA) is 71.4 Å². The highest BCUT2D eigenvalue weighted by Crippen LogP contribution is 2.59. The molecule has 1 aromatic rings. The molecule has 2 aliphatic rings. The molecule has 0 saturated carbocycles. The van der Waals surface area contributed by atoms with Gasteiger partial charge in [0.15, 0.2) is 0 Å². The van der Waals surface area contributed by atoms with Gasteiger partial charge in [0.25, 0.3) is 0 Å². The number of thioether (sulfide) groups is 2. The zero-order valence-electron chi connectivity index (χ0n) is 16.6. The predicted octanol–water partition coefficient (Wildman–Crippen LogP) is 4.35. The van der Waals surface area contributed by atoms with Crippen LogP contribution in [0.4, 0.5) is 5.69 Å². The Kier molecular flexibility index (Phi) is 6.85. The van der Waals surface area contributed by atoms with Crippen LogP contribution in [-0.2, 0) is 19.1 Å². The summed E-state index contributed by atoms with van der Waals surface area (Å²) in [6.07, 6.45) is 1.58. The second-order valence-corrected chi connectivity index (χ2v) is 9.76. The van der Waals surface area contributed by atoms with Crippen LogP contribution in [0.25, 0.3) is 0 Å². The molecule has 10 heteroatoms. The number of hydrogen-bond donors (Lipinski definition) is 0. The number of hydrogen-bond acceptors (Lipinski definition) is 9. The maximum Gasteiger partial charge on any atom is 0.365 e. The third-order valence-corrected chi connectivity index (χ3v) is 7.89. The highest BCUT2D eigenvalue weighted by molar-refractivity contribution is 9.10. The lowest BCUT2D eigenvalue weighted by Crippen LogP contribution is -2.47. The Labute approximate surface area is 187 Å². The van der Waals surface area contributed by atoms with Gasteiger partial charge in [-0.3, -0.25) is 0 Å². The Morgan fingerprint density at radius 3 is 2.45 bits per heavy atom. The van der Waals surface area contributed by atoms with Crippen LogP contribution in [0.2, 0.25) is 0 Å². The molecule has 1 atom stereocenters. The number of methoxy groups -OCH3 is 1. The number of rotatable bonds is 6. The van der Waals surface area contributed by atoms with Crippen LogP contribution in [0.1, 0.15) is 26.7 Å². The maximum absolute atomic E-state index is 12.7. The summed E-state index contributed by atoms with van der Waals surface area (Å²) in [4.78, 5) is 27.5. The number of halogens is 1. The van der Waals surface area contributed by atoms with Gasteiger partial charge in [-0.15, -0.1) is 0 Å². The predicted molar refractivity (Wildman–Crippen MR) is 120 cm³/mol. The monoisotopic (exact) mass is 499 g/mol. The highest BCUT2D eigenvalue weighted by atomic mass is 79.9. The molecule has 2 heterocycles. The van der Waals surface area contributed by atoms with Crippen molar-refractivity contribution in [3.05, 3.63) is 39.3 Å². The first-order valence-electron chi connectivity index (χ1n) is 9.12. The molecule has 0 fully saturated rings. The number of nitrogens with zero attached hydrogens (tertiary/aromatic N) is 3. The van der Waals surface area contributed by atoms with Gasteiger partial charge in [0.05, 0.1) is 19.4 Å². The zero-order valence-corrected chi connectivity index (χ0v) is 19.8. The van der Waals surface area contributed by atoms with Crippen LogP contribution in [-0.4, -0.2) is 47.0 Å². The fourth-order valence-electron chi connectivity index (χ4n) is 3.05. The van der Waals surface area contributed by atoms with E-state index in [0.717, 1.165) is 22.3 Å². The summed E-state index contributed by atoms with van der Waals surface area (Å²) in [6.45, 7) is 4.14. The van der Waals surface area contributed by atoms with E-state index in [0.29, 0.717) is 17.9 Å². The van der Waals surface area contributed by atoms with E-state index in [4.69, 9.17) is 9.47 Å². The summed E-state index contributed by atoms with van der Waals surface area (Å²) < 4.78 is 10.3. The number of benzene rings is 1. The maximum atomic E-state index is 12.7. The second-order valence-electron chi connectivity index (χ2n) is 6.24. The Morgan fingerprint density at radius 2 is 1.86 bits per heavy atom. The van der Waals surface area contributed by atoms with E-state index in [2.05, 4.69) is 28.0 Å². The standard InChI is InChI=1S/C19H22BrN3O4S2/c1-5-7-14-15(17(24)27-6-2)28-19(22(14)3)23(13-10-8-12(20)9-11-13)21-16(29-19)18(25)26-4/h8-11H,5-7H2,1-4H3/t19-/m1/s1. The molecule has 0 bridgehead atoms. The minimum absolute atomic E-state index is 0.232. The fraction of sp³-hybridized carbons (Fsp3) is 0.421. The van der Waals surface area contributed by atoms with E-state index >= 15 is 0 Å². The third kappa shape index (κ3) is 4.02. The average molecular weight is 500 g/mol. The van der Waals surface area contributed by atoms with E-state index in [9.17, 15) is 9.59 Å². The summed E-state index contributed by atoms with van der Waals surface area (Å²) in [6, 6.07) is 7.63. The van der Waals surface area contributed by atoms with Crippen LogP contribution < -0.4 is 5.01 Å². The number of carbonyl (C=O) groups is 2. The van der Waals surface area contributed by atoms with Crippen molar-refractivity contribution in [1.29, 1.82) is 0 Å². The summed E-state index contributed by atoms with van der Waals surface area (Å²) >= 11 is 6.06. The lowest BCUT2D eigenvalue weighted by Gasteiger charge is -2.39. The van der Waals surface area contributed by atoms with Gasteiger partial charge in [0.2, 0.25) is 9.37 Å². The smallest absolute Gasteiger partial charge is 0.365 e. The first-order valence-corrected chi connectivity index (χ1v) is 11.5. The first-order chi connectivity index (χ1) is 13.9. The number of ether oxygens (including phenoxy) is 2. The van der Waals surface area contributed by atoms with E-state index in [1.54, 1.807) is 11.9 Å². The largest absolute Gasteiger partial charge is 0.464 e. The van der Waals surface area contributed by atoms with Gasteiger partial charge in [-0.25, -0.2) is 14.6 Å². The molecule has 0 aromatic heterocycles. The normalized spacial score (nSPS) is 21.1. The van der Waals surface area contributed by atoms with Crippen molar-refractivity contribution in [1.82, 2.24) is 4.90 Å². The number of esters is 2. The molecule has 0 saturated heterocycles. The van der Waals surface area contributed by atoms with E-state index < -0.39 is 10.3 Å².